The molecule has 0 spiro atoms. The van der Waals surface area contributed by atoms with Crippen LogP contribution in [0.1, 0.15) is 149 Å². The maximum absolute atomic E-state index is 14.3. The normalized spacial score (nSPS) is 24.1. The van der Waals surface area contributed by atoms with Gasteiger partial charge >= 0.3 is 5.97 Å². The Morgan fingerprint density at radius 2 is 0.741 bits per heavy atom. The van der Waals surface area contributed by atoms with Gasteiger partial charge in [-0.3, -0.25) is 28.8 Å². The van der Waals surface area contributed by atoms with E-state index in [0.29, 0.717) is 35.5 Å². The van der Waals surface area contributed by atoms with Crippen LogP contribution >= 0.6 is 0 Å². The van der Waals surface area contributed by atoms with E-state index in [9.17, 15) is 33.6 Å². The second-order valence-corrected chi connectivity index (χ2v) is 23.1. The molecule has 2 heterocycles. The molecule has 81 heavy (non-hydrogen) atoms. The van der Waals surface area contributed by atoms with Gasteiger partial charge in [-0.25, -0.2) is 4.79 Å². The lowest BCUT2D eigenvalue weighted by Crippen LogP contribution is -2.43. The van der Waals surface area contributed by atoms with Crippen LogP contribution in [0, 0.1) is 23.7 Å². The summed E-state index contributed by atoms with van der Waals surface area (Å²) in [5.41, 5.74) is 10.9. The number of nitrogens with two attached hydrogens (primary N) is 1. The highest BCUT2D eigenvalue weighted by atomic mass is 16.5. The molecule has 0 bridgehead atoms. The predicted octanol–water partition coefficient (Wildman–Crippen LogP) is 8.54. The molecule has 5 aromatic carbocycles. The van der Waals surface area contributed by atoms with Crippen LogP contribution in [0.4, 0.5) is 5.69 Å². The Kier molecular flexibility index (Phi) is 18.6. The Morgan fingerprint density at radius 3 is 1.12 bits per heavy atom. The minimum absolute atomic E-state index is 0.0416. The predicted molar refractivity (Wildman–Crippen MR) is 310 cm³/mol. The van der Waals surface area contributed by atoms with Crippen LogP contribution in [0.25, 0.3) is 0 Å². The molecule has 5 aromatic rings. The highest BCUT2D eigenvalue weighted by Crippen LogP contribution is 2.44. The summed E-state index contributed by atoms with van der Waals surface area (Å²) in [6.07, 6.45) is 12.7. The number of nitrogens with one attached hydrogen (secondary N) is 4. The summed E-state index contributed by atoms with van der Waals surface area (Å²) in [4.78, 5) is 99.9. The largest absolute Gasteiger partial charge is 0.462 e. The second kappa shape index (κ2) is 26.6. The van der Waals surface area contributed by atoms with Crippen LogP contribution in [0.15, 0.2) is 140 Å². The fourth-order valence-corrected chi connectivity index (χ4v) is 12.1. The van der Waals surface area contributed by atoms with Crippen molar-refractivity contribution in [3.05, 3.63) is 173 Å². The van der Waals surface area contributed by atoms with Crippen molar-refractivity contribution in [1.29, 1.82) is 0 Å². The monoisotopic (exact) mass is 1100 g/mol. The smallest absolute Gasteiger partial charge is 0.338 e. The first-order chi connectivity index (χ1) is 39.5. The first-order valence-electron chi connectivity index (χ1n) is 29.5. The van der Waals surface area contributed by atoms with Crippen molar-refractivity contribution in [1.82, 2.24) is 31.1 Å². The van der Waals surface area contributed by atoms with Crippen molar-refractivity contribution < 1.29 is 38.3 Å². The number of amides is 6. The van der Waals surface area contributed by atoms with Gasteiger partial charge in [0.05, 0.1) is 35.8 Å². The fraction of sp³-hybridized carbons (Fsp3) is 0.439. The highest BCUT2D eigenvalue weighted by Gasteiger charge is 2.50. The molecule has 15 nitrogen and oxygen atoms in total. The summed E-state index contributed by atoms with van der Waals surface area (Å²) >= 11 is 0. The van der Waals surface area contributed by atoms with Gasteiger partial charge in [0.25, 0.3) is 11.8 Å². The summed E-state index contributed by atoms with van der Waals surface area (Å²) in [5, 5.41) is 12.7. The fourth-order valence-electron chi connectivity index (χ4n) is 12.1. The number of anilines is 1. The molecular formula is C66H77N7O8. The van der Waals surface area contributed by atoms with E-state index in [0.717, 1.165) is 100 Å². The number of benzene rings is 5. The molecule has 2 saturated heterocycles. The van der Waals surface area contributed by atoms with E-state index >= 15 is 0 Å². The number of esters is 1. The number of nitrogen functional groups attached to an aromatic ring is 1. The van der Waals surface area contributed by atoms with Crippen LogP contribution in [0.3, 0.4) is 0 Å². The van der Waals surface area contributed by atoms with E-state index in [1.165, 1.54) is 0 Å². The van der Waals surface area contributed by atoms with Crippen LogP contribution < -0.4 is 27.0 Å². The van der Waals surface area contributed by atoms with Gasteiger partial charge in [0.2, 0.25) is 23.6 Å². The highest BCUT2D eigenvalue weighted by molar-refractivity contribution is 6.00. The topological polar surface area (TPSA) is 209 Å². The van der Waals surface area contributed by atoms with Gasteiger partial charge in [-0.1, -0.05) is 142 Å². The van der Waals surface area contributed by atoms with Crippen LogP contribution in [-0.4, -0.2) is 109 Å². The Hall–Kier alpha value is -7.81. The number of carbonyl (C=O) groups is 7. The lowest BCUT2D eigenvalue weighted by Gasteiger charge is -2.18. The van der Waals surface area contributed by atoms with Crippen LogP contribution in [0.5, 0.6) is 0 Å². The molecule has 5 fully saturated rings. The standard InChI is InChI=1S/C66H77N7O8/c67-49-32-30-48(31-33-49)66(80)81-35-19-8-6-4-2-1-3-5-7-18-34-68-60(74)53-39-72(40-54(53)61(75)69-57-36-50(57)43-20-12-9-13-21-43)64(78)46-26-28-47(29-27-46)65(79)73-41-55(62(76)70-58-37-51(58)44-22-14-10-15-23-44)56(42-73)63(77)71-59-38-52(59)45-24-16-11-17-25-45/h9-17,20-33,50-59H,1-8,18-19,34-42,67H2,(H,68,74)(H,69,75)(H,70,76)(H,71,77)/t50-,51-,52-,53-,54-,55-,56-,57+,58+,59+/m1/s1. The molecule has 6 amide bonds. The van der Waals surface area contributed by atoms with Crippen molar-refractivity contribution in [3.8, 4) is 0 Å². The number of likely N-dealkylation sites (tertiary alicyclic amines) is 2. The first-order valence-corrected chi connectivity index (χ1v) is 29.5. The quantitative estimate of drug-likeness (QED) is 0.0204. The van der Waals surface area contributed by atoms with E-state index in [2.05, 4.69) is 57.7 Å². The van der Waals surface area contributed by atoms with Crippen molar-refractivity contribution in [2.24, 2.45) is 23.7 Å². The van der Waals surface area contributed by atoms with Gasteiger partial charge < -0.3 is 41.5 Å². The number of nitrogens with zero attached hydrogens (tertiary/aromatic N) is 2. The Balaban J connectivity index is 0.699. The van der Waals surface area contributed by atoms with Gasteiger partial charge in [0.15, 0.2) is 0 Å². The molecular weight excluding hydrogens is 1020 g/mol. The van der Waals surface area contributed by atoms with Crippen molar-refractivity contribution >= 4 is 47.1 Å². The van der Waals surface area contributed by atoms with Crippen molar-refractivity contribution in [3.63, 3.8) is 0 Å². The van der Waals surface area contributed by atoms with Gasteiger partial charge in [-0.15, -0.1) is 0 Å². The number of carbonyl (C=O) groups excluding carboxylic acids is 7. The first kappa shape index (κ1) is 56.5. The minimum atomic E-state index is -0.742. The zero-order valence-corrected chi connectivity index (χ0v) is 46.2. The minimum Gasteiger partial charge on any atom is -0.462 e. The molecule has 0 aromatic heterocycles. The molecule has 3 aliphatic carbocycles. The third kappa shape index (κ3) is 14.8. The molecule has 424 valence electrons. The SMILES string of the molecule is Nc1ccc(C(=O)OCCCCCCCCCCCCNC(=O)[C@@H]2CN(C(=O)c3ccc(C(=O)N4C[C@@H](C(=O)N[C@H]5C[C@@H]5c5ccccc5)[C@H](C(=O)N[C@H]5C[C@@H]5c5ccccc5)C4)cc3)C[C@H]2C(=O)N[C@H]2C[C@@H]2c2ccccc2)cc1. The van der Waals surface area contributed by atoms with Crippen LogP contribution in [0.2, 0.25) is 0 Å². The number of ether oxygens (including phenoxy) is 1. The van der Waals surface area contributed by atoms with E-state index < -0.39 is 23.7 Å². The Bertz CT molecular complexity index is 2900. The van der Waals surface area contributed by atoms with E-state index in [1.54, 1.807) is 58.3 Å². The molecule has 10 rings (SSSR count). The lowest BCUT2D eigenvalue weighted by molar-refractivity contribution is -0.133. The van der Waals surface area contributed by atoms with Gasteiger partial charge in [0.1, 0.15) is 0 Å². The third-order valence-corrected chi connectivity index (χ3v) is 17.2. The number of rotatable bonds is 26. The third-order valence-electron chi connectivity index (χ3n) is 17.2. The molecule has 0 unspecified atom stereocenters. The molecule has 3 saturated carbocycles. The molecule has 2 aliphatic heterocycles. The van der Waals surface area contributed by atoms with Gasteiger partial charge in [-0.05, 0) is 97.3 Å². The Labute approximate surface area is 475 Å². The molecule has 0 radical (unpaired) electrons. The van der Waals surface area contributed by atoms with Gasteiger partial charge in [0, 0.05) is 85.4 Å². The molecule has 10 atom stereocenters. The Morgan fingerprint density at radius 1 is 0.407 bits per heavy atom. The summed E-state index contributed by atoms with van der Waals surface area (Å²) in [6.45, 7) is 1.19. The summed E-state index contributed by atoms with van der Waals surface area (Å²) in [6, 6.07) is 43.1. The van der Waals surface area contributed by atoms with E-state index in [1.807, 2.05) is 54.6 Å². The van der Waals surface area contributed by atoms with E-state index in [-0.39, 0.29) is 103 Å². The number of unbranched alkanes of at least 4 members (excludes halogenated alkanes) is 9. The van der Waals surface area contributed by atoms with Crippen LogP contribution in [-0.2, 0) is 23.9 Å². The number of hydrogen-bond acceptors (Lipinski definition) is 9. The number of hydrogen-bond donors (Lipinski definition) is 5. The summed E-state index contributed by atoms with van der Waals surface area (Å²) in [7, 11) is 0. The maximum atomic E-state index is 14.3. The molecule has 6 N–H and O–H groups in total. The summed E-state index contributed by atoms with van der Waals surface area (Å²) in [5.74, 6) is -4.32. The van der Waals surface area contributed by atoms with Crippen molar-refractivity contribution in [2.75, 3.05) is 45.1 Å². The zero-order chi connectivity index (χ0) is 56.2. The molecule has 15 heteroatoms. The lowest BCUT2D eigenvalue weighted by atomic mass is 9.94. The maximum Gasteiger partial charge on any atom is 0.338 e. The molecule has 5 aliphatic rings. The van der Waals surface area contributed by atoms with Gasteiger partial charge in [-0.2, -0.15) is 0 Å². The average molecular weight is 1100 g/mol. The zero-order valence-electron chi connectivity index (χ0n) is 46.2. The second-order valence-electron chi connectivity index (χ2n) is 23.1. The van der Waals surface area contributed by atoms with E-state index in [4.69, 9.17) is 10.5 Å². The van der Waals surface area contributed by atoms with Crippen molar-refractivity contribution in [2.45, 2.75) is 119 Å². The summed E-state index contributed by atoms with van der Waals surface area (Å²) < 4.78 is 5.39. The average Bonchev–Trinajstić information content (AvgIpc) is 4.66.